The van der Waals surface area contributed by atoms with Gasteiger partial charge in [-0.25, -0.2) is 8.42 Å². The van der Waals surface area contributed by atoms with E-state index in [1.54, 1.807) is 30.3 Å². The van der Waals surface area contributed by atoms with Crippen molar-refractivity contribution in [2.75, 3.05) is 0 Å². The predicted octanol–water partition coefficient (Wildman–Crippen LogP) is 2.55. The van der Waals surface area contributed by atoms with E-state index >= 15 is 0 Å². The van der Waals surface area contributed by atoms with Crippen LogP contribution in [0.2, 0.25) is 0 Å². The fourth-order valence-electron chi connectivity index (χ4n) is 1.47. The van der Waals surface area contributed by atoms with Crippen LogP contribution in [-0.2, 0) is 20.6 Å². The van der Waals surface area contributed by atoms with Crippen LogP contribution in [0.5, 0.6) is 0 Å². The summed E-state index contributed by atoms with van der Waals surface area (Å²) in [5.74, 6) is -0.480. The number of hydrogen-bond donors (Lipinski definition) is 1. The highest BCUT2D eigenvalue weighted by molar-refractivity contribution is 7.88. The quantitative estimate of drug-likeness (QED) is 0.647. The van der Waals surface area contributed by atoms with Crippen LogP contribution < -0.4 is 4.72 Å². The Morgan fingerprint density at radius 3 is 2.20 bits per heavy atom. The topological polar surface area (TPSA) is 63.2 Å². The molecule has 0 aromatic heterocycles. The van der Waals surface area contributed by atoms with Gasteiger partial charge < -0.3 is 0 Å². The minimum Gasteiger partial charge on any atom is -0.293 e. The van der Waals surface area contributed by atoms with Crippen LogP contribution >= 0.6 is 0 Å². The van der Waals surface area contributed by atoms with Crippen LogP contribution in [0.4, 0.5) is 0 Å². The van der Waals surface area contributed by atoms with Crippen molar-refractivity contribution < 1.29 is 13.2 Å². The zero-order valence-electron chi connectivity index (χ0n) is 11.9. The number of hydrogen-bond acceptors (Lipinski definition) is 3. The Bertz CT molecular complexity index is 624. The van der Waals surface area contributed by atoms with Crippen molar-refractivity contribution in [1.82, 2.24) is 4.72 Å². The third-order valence-corrected chi connectivity index (χ3v) is 3.67. The van der Waals surface area contributed by atoms with Crippen LogP contribution in [-0.4, -0.2) is 14.2 Å². The molecule has 0 fully saturated rings. The third-order valence-electron chi connectivity index (χ3n) is 2.43. The lowest BCUT2D eigenvalue weighted by molar-refractivity contribution is -0.113. The molecule has 0 unspecified atom stereocenters. The molecule has 4 nitrogen and oxygen atoms in total. The van der Waals surface area contributed by atoms with Gasteiger partial charge in [-0.3, -0.25) is 9.52 Å². The van der Waals surface area contributed by atoms with E-state index in [9.17, 15) is 13.2 Å². The van der Waals surface area contributed by atoms with Crippen molar-refractivity contribution in [3.05, 3.63) is 59.3 Å². The molecule has 1 rings (SSSR count). The summed E-state index contributed by atoms with van der Waals surface area (Å²) in [5.41, 5.74) is 1.72. The van der Waals surface area contributed by atoms with E-state index < -0.39 is 10.0 Å². The molecule has 1 aromatic rings. The van der Waals surface area contributed by atoms with Crippen molar-refractivity contribution in [1.29, 1.82) is 0 Å². The van der Waals surface area contributed by atoms with Crippen molar-refractivity contribution in [3.63, 3.8) is 0 Å². The number of rotatable bonds is 6. The summed E-state index contributed by atoms with van der Waals surface area (Å²) >= 11 is 0. The van der Waals surface area contributed by atoms with Crippen LogP contribution in [0.3, 0.4) is 0 Å². The molecule has 5 heteroatoms. The van der Waals surface area contributed by atoms with Crippen LogP contribution in [0.25, 0.3) is 0 Å². The highest BCUT2D eigenvalue weighted by atomic mass is 32.2. The minimum atomic E-state index is -3.60. The summed E-state index contributed by atoms with van der Waals surface area (Å²) in [6.07, 6.45) is 3.18. The molecule has 0 aliphatic heterocycles. The van der Waals surface area contributed by atoms with Gasteiger partial charge >= 0.3 is 0 Å². The maximum absolute atomic E-state index is 12.0. The van der Waals surface area contributed by atoms with Crippen molar-refractivity contribution in [2.45, 2.75) is 26.5 Å². The fourth-order valence-corrected chi connectivity index (χ4v) is 2.72. The minimum absolute atomic E-state index is 0.0714. The monoisotopic (exact) mass is 293 g/mol. The van der Waals surface area contributed by atoms with Crippen LogP contribution in [0.15, 0.2) is 53.8 Å². The number of carbonyl (C=O) groups is 1. The summed E-state index contributed by atoms with van der Waals surface area (Å²) in [7, 11) is -3.60. The molecule has 1 N–H and O–H groups in total. The number of sulfonamides is 1. The molecule has 0 amide bonds. The van der Waals surface area contributed by atoms with E-state index in [0.29, 0.717) is 5.56 Å². The summed E-state index contributed by atoms with van der Waals surface area (Å²) < 4.78 is 26.4. The molecule has 20 heavy (non-hydrogen) atoms. The van der Waals surface area contributed by atoms with Gasteiger partial charge in [0.2, 0.25) is 10.0 Å². The third kappa shape index (κ3) is 5.84. The molecule has 0 aliphatic rings. The first kappa shape index (κ1) is 16.2. The summed E-state index contributed by atoms with van der Waals surface area (Å²) in [6.45, 7) is 5.06. The smallest absolute Gasteiger partial charge is 0.237 e. The van der Waals surface area contributed by atoms with Gasteiger partial charge in [0.15, 0.2) is 5.78 Å². The van der Waals surface area contributed by atoms with E-state index in [1.807, 2.05) is 19.9 Å². The number of nitrogens with one attached hydrogen (secondary N) is 1. The lowest BCUT2D eigenvalue weighted by atomic mass is 10.2. The normalized spacial score (nSPS) is 11.8. The molecule has 108 valence electrons. The molecule has 0 saturated heterocycles. The average molecular weight is 293 g/mol. The molecule has 0 bridgehead atoms. The number of Topliss-reactive ketones (excluding diaryl/α,β-unsaturated/α-hetero) is 1. The van der Waals surface area contributed by atoms with Gasteiger partial charge in [0, 0.05) is 6.92 Å². The van der Waals surface area contributed by atoms with Gasteiger partial charge in [0.1, 0.15) is 0 Å². The van der Waals surface area contributed by atoms with Crippen LogP contribution in [0, 0.1) is 0 Å². The lowest BCUT2D eigenvalue weighted by Crippen LogP contribution is -2.27. The number of benzene rings is 1. The van der Waals surface area contributed by atoms with E-state index in [4.69, 9.17) is 0 Å². The van der Waals surface area contributed by atoms with Crippen molar-refractivity contribution >= 4 is 15.8 Å². The highest BCUT2D eigenvalue weighted by Crippen LogP contribution is 2.06. The second-order valence-corrected chi connectivity index (χ2v) is 6.45. The molecule has 0 radical (unpaired) electrons. The predicted molar refractivity (Wildman–Crippen MR) is 80.4 cm³/mol. The van der Waals surface area contributed by atoms with E-state index in [0.717, 1.165) is 5.57 Å². The van der Waals surface area contributed by atoms with Gasteiger partial charge in [0.05, 0.1) is 11.4 Å². The summed E-state index contributed by atoms with van der Waals surface area (Å²) in [5, 5.41) is 0. The van der Waals surface area contributed by atoms with Gasteiger partial charge in [-0.05, 0) is 25.5 Å². The number of carbonyl (C=O) groups excluding carboxylic acids is 1. The molecule has 0 aliphatic carbocycles. The zero-order chi connectivity index (χ0) is 15.2. The lowest BCUT2D eigenvalue weighted by Gasteiger charge is -2.09. The SMILES string of the molecule is CC(=O)/C(=C\C=C(C)C)NS(=O)(=O)Cc1ccccc1. The van der Waals surface area contributed by atoms with Crippen LogP contribution in [0.1, 0.15) is 26.3 Å². The molecule has 0 spiro atoms. The van der Waals surface area contributed by atoms with Gasteiger partial charge in [-0.1, -0.05) is 42.0 Å². The largest absolute Gasteiger partial charge is 0.293 e. The first-order chi connectivity index (χ1) is 9.30. The van der Waals surface area contributed by atoms with E-state index in [1.165, 1.54) is 13.0 Å². The standard InChI is InChI=1S/C15H19NO3S/c1-12(2)9-10-15(13(3)17)16-20(18,19)11-14-7-5-4-6-8-14/h4-10,16H,11H2,1-3H3/b15-10+. The van der Waals surface area contributed by atoms with Crippen molar-refractivity contribution in [3.8, 4) is 0 Å². The van der Waals surface area contributed by atoms with Gasteiger partial charge in [-0.2, -0.15) is 0 Å². The van der Waals surface area contributed by atoms with Gasteiger partial charge in [0.25, 0.3) is 0 Å². The van der Waals surface area contributed by atoms with Crippen molar-refractivity contribution in [2.24, 2.45) is 0 Å². The van der Waals surface area contributed by atoms with E-state index in [-0.39, 0.29) is 17.2 Å². The Labute approximate surface area is 120 Å². The van der Waals surface area contributed by atoms with E-state index in [2.05, 4.69) is 4.72 Å². The maximum atomic E-state index is 12.0. The van der Waals surface area contributed by atoms with Gasteiger partial charge in [-0.15, -0.1) is 0 Å². The number of ketones is 1. The average Bonchev–Trinajstić information content (AvgIpc) is 2.34. The Balaban J connectivity index is 2.90. The first-order valence-electron chi connectivity index (χ1n) is 6.21. The fraction of sp³-hybridized carbons (Fsp3) is 0.267. The second kappa shape index (κ2) is 7.05. The Morgan fingerprint density at radius 1 is 1.10 bits per heavy atom. The summed E-state index contributed by atoms with van der Waals surface area (Å²) in [4.78, 5) is 11.5. The Morgan fingerprint density at radius 2 is 1.70 bits per heavy atom. The highest BCUT2D eigenvalue weighted by Gasteiger charge is 2.15. The summed E-state index contributed by atoms with van der Waals surface area (Å²) in [6, 6.07) is 8.82. The second-order valence-electron chi connectivity index (χ2n) is 4.73. The molecule has 1 aromatic carbocycles. The molecule has 0 heterocycles. The zero-order valence-corrected chi connectivity index (χ0v) is 12.7. The molecule has 0 saturated carbocycles. The molecular formula is C15H19NO3S. The Kier molecular flexibility index (Phi) is 5.70. The molecule has 0 atom stereocenters. The first-order valence-corrected chi connectivity index (χ1v) is 7.86. The Hall–Kier alpha value is -1.88. The number of allylic oxidation sites excluding steroid dienone is 4. The maximum Gasteiger partial charge on any atom is 0.237 e. The molecular weight excluding hydrogens is 274 g/mol.